The molecule has 0 aromatic heterocycles. The summed E-state index contributed by atoms with van der Waals surface area (Å²) in [5, 5.41) is 23.0. The van der Waals surface area contributed by atoms with Crippen molar-refractivity contribution in [3.05, 3.63) is 15.3 Å². The van der Waals surface area contributed by atoms with E-state index in [2.05, 4.69) is 0 Å². The number of hydrogen-bond acceptors (Lipinski definition) is 5. The molecule has 0 N–H and O–H groups in total. The summed E-state index contributed by atoms with van der Waals surface area (Å²) >= 11 is 0. The molecule has 0 saturated heterocycles. The van der Waals surface area contributed by atoms with E-state index in [1.165, 1.54) is 0 Å². The first-order chi connectivity index (χ1) is 3.15. The molecular weight excluding hydrogens is 169 g/mol. The first-order valence-corrected chi connectivity index (χ1v) is 1.02. The standard InChI is InChI=1S/CH2O2.Ca.NO3.Na/c2-1-3;;2-1(3)4;/h1H,(H,2,3);;;/q;+2;-1;+1/p-1. The van der Waals surface area contributed by atoms with E-state index < -0.39 is 11.6 Å². The van der Waals surface area contributed by atoms with Gasteiger partial charge in [0.2, 0.25) is 0 Å². The van der Waals surface area contributed by atoms with Crippen molar-refractivity contribution in [2.24, 2.45) is 0 Å². The maximum Gasteiger partial charge on any atom is 2.00 e. The van der Waals surface area contributed by atoms with Crippen LogP contribution in [0.1, 0.15) is 0 Å². The Bertz CT molecular complexity index is 64.0. The molecule has 0 aromatic carbocycles. The summed E-state index contributed by atoms with van der Waals surface area (Å²) in [6, 6.07) is 0. The van der Waals surface area contributed by atoms with Gasteiger partial charge >= 0.3 is 67.3 Å². The molecule has 0 radical (unpaired) electrons. The molecule has 0 saturated carbocycles. The van der Waals surface area contributed by atoms with Crippen molar-refractivity contribution < 1.29 is 44.5 Å². The summed E-state index contributed by atoms with van der Waals surface area (Å²) in [6.45, 7) is -0.500. The van der Waals surface area contributed by atoms with Crippen molar-refractivity contribution in [3.8, 4) is 0 Å². The number of carboxylic acid groups (broad SMARTS) is 1. The van der Waals surface area contributed by atoms with Crippen LogP contribution in [0.3, 0.4) is 0 Å². The van der Waals surface area contributed by atoms with E-state index >= 15 is 0 Å². The smallest absolute Gasteiger partial charge is 0.554 e. The molecule has 0 aliphatic rings. The number of carbonyl (C=O) groups excluding carboxylic acids is 1. The maximum atomic E-state index is 8.25. The van der Waals surface area contributed by atoms with Gasteiger partial charge in [0.25, 0.3) is 0 Å². The van der Waals surface area contributed by atoms with Gasteiger partial charge in [-0.1, -0.05) is 0 Å². The molecule has 0 spiro atoms. The molecule has 0 aliphatic carbocycles. The van der Waals surface area contributed by atoms with Crippen LogP contribution in [-0.4, -0.2) is 49.3 Å². The zero-order chi connectivity index (χ0) is 6.28. The van der Waals surface area contributed by atoms with Crippen LogP contribution in [0.4, 0.5) is 0 Å². The topological polar surface area (TPSA) is 106 Å². The molecule has 0 heterocycles. The van der Waals surface area contributed by atoms with Gasteiger partial charge in [0, 0.05) is 6.47 Å². The predicted molar refractivity (Wildman–Crippen MR) is 22.2 cm³/mol. The Morgan fingerprint density at radius 2 is 1.33 bits per heavy atom. The van der Waals surface area contributed by atoms with Crippen LogP contribution in [0.15, 0.2) is 0 Å². The molecule has 6 nitrogen and oxygen atoms in total. The first-order valence-electron chi connectivity index (χ1n) is 1.02. The average Bonchev–Trinajstić information content (AvgIpc) is 1.33. The van der Waals surface area contributed by atoms with Crippen LogP contribution in [0.5, 0.6) is 0 Å². The second-order valence-corrected chi connectivity index (χ2v) is 0.320. The minimum atomic E-state index is -1.75. The fourth-order valence-corrected chi connectivity index (χ4v) is 0. The number of hydrogen-bond donors (Lipinski definition) is 0. The van der Waals surface area contributed by atoms with E-state index in [0.717, 1.165) is 0 Å². The van der Waals surface area contributed by atoms with Gasteiger partial charge in [-0.2, -0.15) is 0 Å². The van der Waals surface area contributed by atoms with E-state index in [-0.39, 0.29) is 67.3 Å². The van der Waals surface area contributed by atoms with Crippen molar-refractivity contribution in [2.75, 3.05) is 0 Å². The van der Waals surface area contributed by atoms with Gasteiger partial charge < -0.3 is 25.2 Å². The third-order valence-electron chi connectivity index (χ3n) is 0. The number of rotatable bonds is 0. The third kappa shape index (κ3) is 496. The van der Waals surface area contributed by atoms with E-state index in [1.807, 2.05) is 0 Å². The van der Waals surface area contributed by atoms with Crippen molar-refractivity contribution >= 4 is 44.2 Å². The quantitative estimate of drug-likeness (QED) is 0.156. The molecule has 0 bridgehead atoms. The van der Waals surface area contributed by atoms with Crippen molar-refractivity contribution in [1.29, 1.82) is 0 Å². The summed E-state index contributed by atoms with van der Waals surface area (Å²) < 4.78 is 0. The van der Waals surface area contributed by atoms with Gasteiger partial charge in [0.05, 0.1) is 5.09 Å². The fourth-order valence-electron chi connectivity index (χ4n) is 0. The summed E-state index contributed by atoms with van der Waals surface area (Å²) in [7, 11) is 0. The molecule has 0 aliphatic heterocycles. The Morgan fingerprint density at radius 1 is 1.33 bits per heavy atom. The van der Waals surface area contributed by atoms with Crippen molar-refractivity contribution in [3.63, 3.8) is 0 Å². The molecule has 0 aromatic rings. The van der Waals surface area contributed by atoms with E-state index in [0.29, 0.717) is 0 Å². The molecule has 8 heteroatoms. The Hall–Kier alpha value is 0.930. The monoisotopic (exact) mass is 170 g/mol. The molecular formula is CHCaNNaO5+. The maximum absolute atomic E-state index is 8.25. The van der Waals surface area contributed by atoms with Gasteiger partial charge in [0.1, 0.15) is 0 Å². The normalized spacial score (nSPS) is 4.00. The Morgan fingerprint density at radius 3 is 1.33 bits per heavy atom. The zero-order valence-corrected chi connectivity index (χ0v) is 8.98. The van der Waals surface area contributed by atoms with E-state index in [1.54, 1.807) is 0 Å². The van der Waals surface area contributed by atoms with Crippen LogP contribution in [0.25, 0.3) is 0 Å². The van der Waals surface area contributed by atoms with Crippen molar-refractivity contribution in [2.45, 2.75) is 0 Å². The summed E-state index contributed by atoms with van der Waals surface area (Å²) in [5.41, 5.74) is 0. The van der Waals surface area contributed by atoms with E-state index in [9.17, 15) is 0 Å². The Labute approximate surface area is 103 Å². The molecule has 0 unspecified atom stereocenters. The largest absolute Gasteiger partial charge is 2.00 e. The van der Waals surface area contributed by atoms with Gasteiger partial charge in [0.15, 0.2) is 0 Å². The summed E-state index contributed by atoms with van der Waals surface area (Å²) in [5.74, 6) is 0. The first kappa shape index (κ1) is 22.5. The second kappa shape index (κ2) is 23.1. The van der Waals surface area contributed by atoms with Gasteiger partial charge in [-0.25, -0.2) is 0 Å². The van der Waals surface area contributed by atoms with Crippen molar-refractivity contribution in [1.82, 2.24) is 0 Å². The summed E-state index contributed by atoms with van der Waals surface area (Å²) in [6.07, 6.45) is 0. The molecule has 42 valence electrons. The summed E-state index contributed by atoms with van der Waals surface area (Å²) in [4.78, 5) is 16.5. The molecule has 0 rings (SSSR count). The van der Waals surface area contributed by atoms with Gasteiger partial charge in [-0.05, 0) is 0 Å². The van der Waals surface area contributed by atoms with Crippen LogP contribution in [0, 0.1) is 15.3 Å². The SMILES string of the molecule is O=C[O-].O=[N+]([O-])[O-].[Ca+2].[Na+]. The second-order valence-electron chi connectivity index (χ2n) is 0.320. The van der Waals surface area contributed by atoms with Gasteiger partial charge in [-0.3, -0.25) is 0 Å². The number of carbonyl (C=O) groups is 1. The molecule has 9 heavy (non-hydrogen) atoms. The predicted octanol–water partition coefficient (Wildman–Crippen LogP) is -5.25. The average molecular weight is 170 g/mol. The Kier molecular flexibility index (Phi) is 57.8. The van der Waals surface area contributed by atoms with E-state index in [4.69, 9.17) is 25.2 Å². The van der Waals surface area contributed by atoms with Crippen LogP contribution < -0.4 is 34.7 Å². The molecule has 0 amide bonds. The Balaban J connectivity index is -0.0000000233. The minimum absolute atomic E-state index is 0. The van der Waals surface area contributed by atoms with Crippen LogP contribution in [0.2, 0.25) is 0 Å². The van der Waals surface area contributed by atoms with Crippen LogP contribution in [-0.2, 0) is 4.79 Å². The van der Waals surface area contributed by atoms with Crippen LogP contribution >= 0.6 is 0 Å². The minimum Gasteiger partial charge on any atom is -0.554 e. The number of nitrogens with zero attached hydrogens (tertiary/aromatic N) is 1. The molecule has 0 atom stereocenters. The van der Waals surface area contributed by atoms with Gasteiger partial charge in [-0.15, -0.1) is 0 Å². The zero-order valence-electron chi connectivity index (χ0n) is 4.77. The molecule has 0 fully saturated rings. The fraction of sp³-hybridized carbons (Fsp3) is 0. The third-order valence-corrected chi connectivity index (χ3v) is 0.